The van der Waals surface area contributed by atoms with E-state index in [4.69, 9.17) is 0 Å². The number of H-pyrrole nitrogens is 1. The van der Waals surface area contributed by atoms with E-state index in [1.54, 1.807) is 23.4 Å². The summed E-state index contributed by atoms with van der Waals surface area (Å²) in [5, 5.41) is 0. The van der Waals surface area contributed by atoms with Gasteiger partial charge in [-0.3, -0.25) is 9.59 Å². The van der Waals surface area contributed by atoms with Crippen molar-refractivity contribution in [3.63, 3.8) is 0 Å². The van der Waals surface area contributed by atoms with Crippen LogP contribution >= 0.6 is 0 Å². The van der Waals surface area contributed by atoms with Crippen LogP contribution in [-0.2, 0) is 0 Å². The maximum Gasteiger partial charge on any atom is 0.255 e. The van der Waals surface area contributed by atoms with E-state index in [2.05, 4.69) is 17.1 Å². The van der Waals surface area contributed by atoms with Gasteiger partial charge in [-0.25, -0.2) is 0 Å². The van der Waals surface area contributed by atoms with Crippen molar-refractivity contribution in [3.8, 4) is 11.1 Å². The van der Waals surface area contributed by atoms with Gasteiger partial charge in [0, 0.05) is 44.1 Å². The van der Waals surface area contributed by atoms with Crippen LogP contribution in [0.3, 0.4) is 0 Å². The van der Waals surface area contributed by atoms with Crippen LogP contribution in [-0.4, -0.2) is 52.8 Å². The highest BCUT2D eigenvalue weighted by atomic mass is 16.2. The van der Waals surface area contributed by atoms with Crippen LogP contribution in [0.2, 0.25) is 0 Å². The number of benzene rings is 2. The number of aromatic nitrogens is 1. The predicted octanol–water partition coefficient (Wildman–Crippen LogP) is 3.28. The molecule has 27 heavy (non-hydrogen) atoms. The molecular weight excluding hydrogens is 338 g/mol. The fraction of sp³-hybridized carbons (Fsp3) is 0.182. The van der Waals surface area contributed by atoms with Crippen LogP contribution in [0.1, 0.15) is 20.7 Å². The van der Waals surface area contributed by atoms with E-state index >= 15 is 0 Å². The summed E-state index contributed by atoms with van der Waals surface area (Å²) in [5.74, 6) is 0.0268. The van der Waals surface area contributed by atoms with Crippen molar-refractivity contribution in [2.24, 2.45) is 0 Å². The lowest BCUT2D eigenvalue weighted by Crippen LogP contribution is -2.50. The number of carbonyl (C=O) groups excluding carboxylic acids is 2. The van der Waals surface area contributed by atoms with E-state index in [0.717, 1.165) is 11.1 Å². The third-order valence-corrected chi connectivity index (χ3v) is 4.94. The fourth-order valence-electron chi connectivity index (χ4n) is 3.37. The van der Waals surface area contributed by atoms with Crippen molar-refractivity contribution in [2.45, 2.75) is 0 Å². The Morgan fingerprint density at radius 1 is 0.667 bits per heavy atom. The van der Waals surface area contributed by atoms with Crippen molar-refractivity contribution in [3.05, 3.63) is 84.2 Å². The smallest absolute Gasteiger partial charge is 0.255 e. The number of amides is 2. The van der Waals surface area contributed by atoms with Gasteiger partial charge in [-0.05, 0) is 29.3 Å². The highest BCUT2D eigenvalue weighted by Crippen LogP contribution is 2.20. The quantitative estimate of drug-likeness (QED) is 0.780. The molecule has 1 N–H and O–H groups in total. The Morgan fingerprint density at radius 2 is 1.22 bits per heavy atom. The third kappa shape index (κ3) is 3.62. The minimum absolute atomic E-state index is 0.00978. The van der Waals surface area contributed by atoms with Gasteiger partial charge in [0.2, 0.25) is 0 Å². The van der Waals surface area contributed by atoms with Crippen LogP contribution in [0.4, 0.5) is 0 Å². The molecule has 2 amide bonds. The van der Waals surface area contributed by atoms with E-state index in [1.165, 1.54) is 0 Å². The zero-order valence-corrected chi connectivity index (χ0v) is 15.0. The second-order valence-electron chi connectivity index (χ2n) is 6.63. The summed E-state index contributed by atoms with van der Waals surface area (Å²) in [5.41, 5.74) is 3.56. The summed E-state index contributed by atoms with van der Waals surface area (Å²) in [4.78, 5) is 31.7. The zero-order valence-electron chi connectivity index (χ0n) is 15.0. The van der Waals surface area contributed by atoms with Gasteiger partial charge in [0.1, 0.15) is 0 Å². The Balaban J connectivity index is 1.39. The SMILES string of the molecule is O=C(c1ccc(-c2ccccc2)cc1)N1CCN(C(=O)c2cc[nH]c2)CC1. The minimum atomic E-state index is 0.00978. The first-order chi connectivity index (χ1) is 13.2. The normalized spacial score (nSPS) is 14.2. The minimum Gasteiger partial charge on any atom is -0.367 e. The number of carbonyl (C=O) groups is 2. The lowest BCUT2D eigenvalue weighted by Gasteiger charge is -2.34. The molecule has 0 unspecified atom stereocenters. The Kier molecular flexibility index (Phi) is 4.75. The Morgan fingerprint density at radius 3 is 1.78 bits per heavy atom. The summed E-state index contributed by atoms with van der Waals surface area (Å²) < 4.78 is 0. The summed E-state index contributed by atoms with van der Waals surface area (Å²) in [6.07, 6.45) is 3.44. The molecule has 2 heterocycles. The molecule has 136 valence electrons. The van der Waals surface area contributed by atoms with Crippen LogP contribution in [0.15, 0.2) is 73.1 Å². The summed E-state index contributed by atoms with van der Waals surface area (Å²) in [6.45, 7) is 2.21. The fourth-order valence-corrected chi connectivity index (χ4v) is 3.37. The molecule has 1 fully saturated rings. The van der Waals surface area contributed by atoms with Gasteiger partial charge >= 0.3 is 0 Å². The lowest BCUT2D eigenvalue weighted by molar-refractivity contribution is 0.0535. The van der Waals surface area contributed by atoms with E-state index in [-0.39, 0.29) is 11.8 Å². The molecular formula is C22H21N3O2. The van der Waals surface area contributed by atoms with Crippen molar-refractivity contribution in [1.82, 2.24) is 14.8 Å². The molecule has 1 saturated heterocycles. The molecule has 1 aliphatic rings. The number of piperazine rings is 1. The van der Waals surface area contributed by atoms with Gasteiger partial charge in [-0.1, -0.05) is 42.5 Å². The molecule has 1 aliphatic heterocycles. The lowest BCUT2D eigenvalue weighted by atomic mass is 10.0. The maximum absolute atomic E-state index is 12.8. The van der Waals surface area contributed by atoms with Gasteiger partial charge in [-0.15, -0.1) is 0 Å². The largest absolute Gasteiger partial charge is 0.367 e. The summed E-state index contributed by atoms with van der Waals surface area (Å²) >= 11 is 0. The number of hydrogen-bond acceptors (Lipinski definition) is 2. The molecule has 5 nitrogen and oxygen atoms in total. The van der Waals surface area contributed by atoms with Gasteiger partial charge in [0.15, 0.2) is 0 Å². The van der Waals surface area contributed by atoms with Crippen molar-refractivity contribution in [2.75, 3.05) is 26.2 Å². The molecule has 3 aromatic rings. The Labute approximate surface area is 158 Å². The maximum atomic E-state index is 12.8. The molecule has 1 aromatic heterocycles. The highest BCUT2D eigenvalue weighted by molar-refractivity contribution is 5.96. The molecule has 5 heteroatoms. The Bertz CT molecular complexity index is 910. The first-order valence-corrected chi connectivity index (χ1v) is 9.09. The molecule has 0 atom stereocenters. The Hall–Kier alpha value is -3.34. The number of hydrogen-bond donors (Lipinski definition) is 1. The molecule has 0 radical (unpaired) electrons. The molecule has 0 bridgehead atoms. The second-order valence-corrected chi connectivity index (χ2v) is 6.63. The molecule has 4 rings (SSSR count). The first-order valence-electron chi connectivity index (χ1n) is 9.09. The van der Waals surface area contributed by atoms with Crippen LogP contribution < -0.4 is 0 Å². The van der Waals surface area contributed by atoms with Gasteiger partial charge in [0.25, 0.3) is 11.8 Å². The number of rotatable bonds is 3. The number of aromatic amines is 1. The standard InChI is InChI=1S/C22H21N3O2/c26-21(19-8-6-18(7-9-19)17-4-2-1-3-5-17)24-12-14-25(15-13-24)22(27)20-10-11-23-16-20/h1-11,16,23H,12-15H2. The zero-order chi connectivity index (χ0) is 18.6. The van der Waals surface area contributed by atoms with Gasteiger partial charge in [0.05, 0.1) is 5.56 Å². The van der Waals surface area contributed by atoms with Crippen molar-refractivity contribution in [1.29, 1.82) is 0 Å². The van der Waals surface area contributed by atoms with Crippen LogP contribution in [0.5, 0.6) is 0 Å². The van der Waals surface area contributed by atoms with Crippen molar-refractivity contribution < 1.29 is 9.59 Å². The van der Waals surface area contributed by atoms with Crippen molar-refractivity contribution >= 4 is 11.8 Å². The summed E-state index contributed by atoms with van der Waals surface area (Å²) in [6, 6.07) is 19.6. The number of nitrogens with one attached hydrogen (secondary N) is 1. The average Bonchev–Trinajstić information content (AvgIpc) is 3.28. The van der Waals surface area contributed by atoms with E-state index in [0.29, 0.717) is 37.3 Å². The number of nitrogens with zero attached hydrogens (tertiary/aromatic N) is 2. The molecule has 0 spiro atoms. The van der Waals surface area contributed by atoms with Gasteiger partial charge < -0.3 is 14.8 Å². The monoisotopic (exact) mass is 359 g/mol. The van der Waals surface area contributed by atoms with Gasteiger partial charge in [-0.2, -0.15) is 0 Å². The molecule has 0 saturated carbocycles. The molecule has 0 aliphatic carbocycles. The molecule has 2 aromatic carbocycles. The van der Waals surface area contributed by atoms with Crippen LogP contribution in [0.25, 0.3) is 11.1 Å². The topological polar surface area (TPSA) is 56.4 Å². The van der Waals surface area contributed by atoms with E-state index in [9.17, 15) is 9.59 Å². The van der Waals surface area contributed by atoms with Crippen LogP contribution in [0, 0.1) is 0 Å². The third-order valence-electron chi connectivity index (χ3n) is 4.94. The van der Waals surface area contributed by atoms with E-state index in [1.807, 2.05) is 47.4 Å². The average molecular weight is 359 g/mol. The highest BCUT2D eigenvalue weighted by Gasteiger charge is 2.25. The summed E-state index contributed by atoms with van der Waals surface area (Å²) in [7, 11) is 0. The first kappa shape index (κ1) is 17.1. The van der Waals surface area contributed by atoms with E-state index < -0.39 is 0 Å². The second kappa shape index (κ2) is 7.50. The predicted molar refractivity (Wildman–Crippen MR) is 104 cm³/mol.